The lowest BCUT2D eigenvalue weighted by molar-refractivity contribution is 1.16. The highest BCUT2D eigenvalue weighted by atomic mass is 32.2. The number of hydrogen-bond donors (Lipinski definition) is 1. The molecule has 0 spiro atoms. The smallest absolute Gasteiger partial charge is 0.0629 e. The van der Waals surface area contributed by atoms with Crippen LogP contribution in [0.25, 0.3) is 10.4 Å². The average molecular weight is 504 g/mol. The molecule has 0 fully saturated rings. The number of thioether (sulfide) groups is 1. The summed E-state index contributed by atoms with van der Waals surface area (Å²) in [6, 6.07) is 35.8. The van der Waals surface area contributed by atoms with Gasteiger partial charge in [0.1, 0.15) is 0 Å². The van der Waals surface area contributed by atoms with Crippen molar-refractivity contribution >= 4 is 34.5 Å². The van der Waals surface area contributed by atoms with E-state index in [1.54, 1.807) is 0 Å². The summed E-state index contributed by atoms with van der Waals surface area (Å²) in [6.45, 7) is 6.47. The second-order valence-electron chi connectivity index (χ2n) is 9.70. The molecule has 6 rings (SSSR count). The predicted octanol–water partition coefficient (Wildman–Crippen LogP) is 9.87. The van der Waals surface area contributed by atoms with Gasteiger partial charge in [-0.1, -0.05) is 102 Å². The first-order valence-corrected chi connectivity index (χ1v) is 14.1. The minimum absolute atomic E-state index is 0.205. The Kier molecular flexibility index (Phi) is 6.20. The second-order valence-corrected chi connectivity index (χ2v) is 12.0. The van der Waals surface area contributed by atoms with Crippen LogP contribution in [0.1, 0.15) is 43.5 Å². The van der Waals surface area contributed by atoms with Crippen LogP contribution in [0.15, 0.2) is 102 Å². The topological polar surface area (TPSA) is 12.0 Å². The lowest BCUT2D eigenvalue weighted by Crippen LogP contribution is -2.00. The van der Waals surface area contributed by atoms with Crippen molar-refractivity contribution in [1.82, 2.24) is 0 Å². The van der Waals surface area contributed by atoms with Crippen LogP contribution in [0.4, 0.5) is 11.4 Å². The molecule has 0 radical (unpaired) electrons. The Balaban J connectivity index is 1.58. The Morgan fingerprint density at radius 2 is 1.31 bits per heavy atom. The summed E-state index contributed by atoms with van der Waals surface area (Å²) in [7, 11) is 0. The van der Waals surface area contributed by atoms with E-state index in [0.717, 1.165) is 6.42 Å². The molecule has 0 aliphatic carbocycles. The van der Waals surface area contributed by atoms with Crippen LogP contribution >= 0.6 is 23.1 Å². The Morgan fingerprint density at radius 3 is 2.00 bits per heavy atom. The fraction of sp³-hybridized carbons (Fsp3) is 0.152. The van der Waals surface area contributed by atoms with Crippen molar-refractivity contribution in [1.29, 1.82) is 0 Å². The molecule has 36 heavy (non-hydrogen) atoms. The van der Waals surface area contributed by atoms with Crippen LogP contribution in [-0.2, 0) is 6.42 Å². The van der Waals surface area contributed by atoms with Crippen molar-refractivity contribution in [2.45, 2.75) is 37.3 Å². The zero-order chi connectivity index (χ0) is 24.6. The molecule has 1 N–H and O–H groups in total. The fourth-order valence-electron chi connectivity index (χ4n) is 4.78. The van der Waals surface area contributed by atoms with Crippen molar-refractivity contribution in [3.05, 3.63) is 135 Å². The van der Waals surface area contributed by atoms with Crippen molar-refractivity contribution in [2.24, 2.45) is 0 Å². The molecule has 5 aromatic rings. The molecule has 1 aliphatic rings. The van der Waals surface area contributed by atoms with E-state index in [1.807, 2.05) is 23.1 Å². The molecular formula is C33H29NS2. The molecule has 0 bridgehead atoms. The Hall–Kier alpha value is -3.27. The molecule has 1 unspecified atom stereocenters. The van der Waals surface area contributed by atoms with Crippen LogP contribution < -0.4 is 5.32 Å². The summed E-state index contributed by atoms with van der Waals surface area (Å²) < 4.78 is 0. The van der Waals surface area contributed by atoms with Crippen molar-refractivity contribution in [3.8, 4) is 10.4 Å². The Labute approximate surface area is 222 Å². The van der Waals surface area contributed by atoms with Crippen LogP contribution in [-0.4, -0.2) is 0 Å². The number of anilines is 2. The van der Waals surface area contributed by atoms with E-state index >= 15 is 0 Å². The zero-order valence-corrected chi connectivity index (χ0v) is 22.5. The fourth-order valence-corrected chi connectivity index (χ4v) is 7.50. The highest BCUT2D eigenvalue weighted by Crippen LogP contribution is 2.56. The summed E-state index contributed by atoms with van der Waals surface area (Å²) in [5.74, 6) is 0. The Bertz CT molecular complexity index is 1510. The summed E-state index contributed by atoms with van der Waals surface area (Å²) in [4.78, 5) is 4.05. The molecule has 4 aromatic carbocycles. The summed E-state index contributed by atoms with van der Waals surface area (Å²) in [6.07, 6.45) is 0.916. The highest BCUT2D eigenvalue weighted by Gasteiger charge is 2.31. The van der Waals surface area contributed by atoms with Crippen LogP contribution in [0.3, 0.4) is 0 Å². The van der Waals surface area contributed by atoms with Gasteiger partial charge >= 0.3 is 0 Å². The van der Waals surface area contributed by atoms with Gasteiger partial charge in [-0.3, -0.25) is 0 Å². The number of rotatable bonds is 4. The Morgan fingerprint density at radius 1 is 0.694 bits per heavy atom. The lowest BCUT2D eigenvalue weighted by Gasteiger charge is -2.18. The molecule has 1 aromatic heterocycles. The van der Waals surface area contributed by atoms with E-state index in [9.17, 15) is 0 Å². The zero-order valence-electron chi connectivity index (χ0n) is 20.8. The second kappa shape index (κ2) is 9.65. The third kappa shape index (κ3) is 4.50. The van der Waals surface area contributed by atoms with Crippen LogP contribution in [0.2, 0.25) is 0 Å². The van der Waals surface area contributed by atoms with Gasteiger partial charge in [0.25, 0.3) is 0 Å². The van der Waals surface area contributed by atoms with Gasteiger partial charge in [0, 0.05) is 26.6 Å². The average Bonchev–Trinajstić information content (AvgIpc) is 3.13. The normalized spacial score (nSPS) is 14.5. The minimum Gasteiger partial charge on any atom is -0.353 e. The van der Waals surface area contributed by atoms with Crippen molar-refractivity contribution in [3.63, 3.8) is 0 Å². The SMILES string of the molecule is Cc1ccc(Cc2sc(-c3ccc(C)cc3)c3c2Nc2ccccc2SC3c2ccc(C)cc2)cc1. The molecule has 2 heterocycles. The molecule has 1 nitrogen and oxygen atoms in total. The van der Waals surface area contributed by atoms with E-state index in [1.165, 1.54) is 65.0 Å². The standard InChI is InChI=1S/C33H29NS2/c1-21-8-14-24(15-9-21)20-29-31-30(33(36-29)26-18-12-23(3)13-19-26)32(25-16-10-22(2)11-17-25)35-28-7-5-4-6-27(28)34-31/h4-19,32,34H,20H2,1-3H3. The maximum Gasteiger partial charge on any atom is 0.0629 e. The quantitative estimate of drug-likeness (QED) is 0.262. The van der Waals surface area contributed by atoms with Gasteiger partial charge in [-0.05, 0) is 49.6 Å². The third-order valence-electron chi connectivity index (χ3n) is 6.85. The van der Waals surface area contributed by atoms with Gasteiger partial charge in [-0.25, -0.2) is 0 Å². The van der Waals surface area contributed by atoms with Gasteiger partial charge in [0.05, 0.1) is 16.6 Å². The van der Waals surface area contributed by atoms with Crippen LogP contribution in [0, 0.1) is 20.8 Å². The highest BCUT2D eigenvalue weighted by molar-refractivity contribution is 8.00. The first-order valence-electron chi connectivity index (χ1n) is 12.4. The summed E-state index contributed by atoms with van der Waals surface area (Å²) in [5.41, 5.74) is 11.7. The van der Waals surface area contributed by atoms with Gasteiger partial charge < -0.3 is 5.32 Å². The molecule has 0 amide bonds. The molecule has 0 saturated heterocycles. The van der Waals surface area contributed by atoms with Gasteiger partial charge in [0.15, 0.2) is 0 Å². The van der Waals surface area contributed by atoms with Gasteiger partial charge in [-0.15, -0.1) is 23.1 Å². The van der Waals surface area contributed by atoms with Crippen LogP contribution in [0.5, 0.6) is 0 Å². The summed E-state index contributed by atoms with van der Waals surface area (Å²) in [5, 5.41) is 4.11. The largest absolute Gasteiger partial charge is 0.353 e. The van der Waals surface area contributed by atoms with Gasteiger partial charge in [-0.2, -0.15) is 0 Å². The minimum atomic E-state index is 0.205. The maximum absolute atomic E-state index is 3.91. The predicted molar refractivity (Wildman–Crippen MR) is 157 cm³/mol. The molecular weight excluding hydrogens is 475 g/mol. The van der Waals surface area contributed by atoms with E-state index in [-0.39, 0.29) is 5.25 Å². The number of hydrogen-bond acceptors (Lipinski definition) is 3. The van der Waals surface area contributed by atoms with Crippen molar-refractivity contribution < 1.29 is 0 Å². The number of aryl methyl sites for hydroxylation is 3. The van der Waals surface area contributed by atoms with E-state index in [2.05, 4.69) is 123 Å². The molecule has 3 heteroatoms. The van der Waals surface area contributed by atoms with E-state index < -0.39 is 0 Å². The molecule has 0 saturated carbocycles. The number of benzene rings is 4. The van der Waals surface area contributed by atoms with E-state index in [4.69, 9.17) is 0 Å². The van der Waals surface area contributed by atoms with Gasteiger partial charge in [0.2, 0.25) is 0 Å². The number of fused-ring (bicyclic) bond motifs is 2. The maximum atomic E-state index is 3.91. The molecule has 1 aliphatic heterocycles. The summed E-state index contributed by atoms with van der Waals surface area (Å²) >= 11 is 3.90. The number of para-hydroxylation sites is 1. The molecule has 1 atom stereocenters. The third-order valence-corrected chi connectivity index (χ3v) is 9.46. The lowest BCUT2D eigenvalue weighted by atomic mass is 9.97. The van der Waals surface area contributed by atoms with Crippen molar-refractivity contribution in [2.75, 3.05) is 5.32 Å². The first-order chi connectivity index (χ1) is 17.5. The molecule has 178 valence electrons. The van der Waals surface area contributed by atoms with E-state index in [0.29, 0.717) is 0 Å². The first kappa shape index (κ1) is 23.1. The number of nitrogens with one attached hydrogen (secondary N) is 1. The number of thiophene rings is 1. The monoisotopic (exact) mass is 503 g/mol.